The summed E-state index contributed by atoms with van der Waals surface area (Å²) >= 11 is 3.47. The summed E-state index contributed by atoms with van der Waals surface area (Å²) in [4.78, 5) is 0. The van der Waals surface area contributed by atoms with Crippen LogP contribution in [0, 0.1) is 0 Å². The fourth-order valence-corrected chi connectivity index (χ4v) is 2.12. The van der Waals surface area contributed by atoms with Crippen LogP contribution in [0.25, 0.3) is 0 Å². The average Bonchev–Trinajstić information content (AvgIpc) is 2.30. The minimum atomic E-state index is 0. The number of ether oxygens (including phenoxy) is 2. The molecule has 2 rings (SSSR count). The molecule has 0 amide bonds. The summed E-state index contributed by atoms with van der Waals surface area (Å²) in [7, 11) is 1.69. The van der Waals surface area contributed by atoms with E-state index >= 15 is 0 Å². The first kappa shape index (κ1) is 13.8. The summed E-state index contributed by atoms with van der Waals surface area (Å²) < 4.78 is 11.8. The maximum atomic E-state index is 5.44. The third-order valence-corrected chi connectivity index (χ3v) is 2.98. The Balaban J connectivity index is 0.00000128. The van der Waals surface area contributed by atoms with Crippen LogP contribution in [-0.4, -0.2) is 26.9 Å². The highest BCUT2D eigenvalue weighted by Crippen LogP contribution is 2.29. The molecule has 0 aromatic heterocycles. The molecule has 1 atom stereocenters. The van der Waals surface area contributed by atoms with E-state index in [0.717, 1.165) is 28.9 Å². The van der Waals surface area contributed by atoms with Crippen LogP contribution in [0.15, 0.2) is 22.7 Å². The van der Waals surface area contributed by atoms with Crippen molar-refractivity contribution in [2.24, 2.45) is 0 Å². The molecular formula is C11H15BrClNO2. The molecular weight excluding hydrogens is 293 g/mol. The second-order valence-electron chi connectivity index (χ2n) is 3.47. The van der Waals surface area contributed by atoms with E-state index in [9.17, 15) is 0 Å². The fraction of sp³-hybridized carbons (Fsp3) is 0.455. The zero-order valence-corrected chi connectivity index (χ0v) is 11.4. The first-order valence-electron chi connectivity index (χ1n) is 4.96. The Kier molecular flexibility index (Phi) is 5.55. The van der Waals surface area contributed by atoms with E-state index in [2.05, 4.69) is 27.3 Å². The van der Waals surface area contributed by atoms with Gasteiger partial charge in [0.2, 0.25) is 0 Å². The monoisotopic (exact) mass is 307 g/mol. The number of methoxy groups -OCH3 is 1. The van der Waals surface area contributed by atoms with E-state index in [4.69, 9.17) is 9.47 Å². The van der Waals surface area contributed by atoms with Gasteiger partial charge >= 0.3 is 0 Å². The molecule has 1 aliphatic heterocycles. The van der Waals surface area contributed by atoms with Gasteiger partial charge in [0.1, 0.15) is 5.75 Å². The van der Waals surface area contributed by atoms with E-state index in [1.54, 1.807) is 7.11 Å². The molecule has 16 heavy (non-hydrogen) atoms. The van der Waals surface area contributed by atoms with Crippen LogP contribution in [-0.2, 0) is 4.74 Å². The number of morpholine rings is 1. The van der Waals surface area contributed by atoms with Crippen LogP contribution >= 0.6 is 28.3 Å². The van der Waals surface area contributed by atoms with Crippen molar-refractivity contribution >= 4 is 28.3 Å². The molecule has 1 aromatic rings. The Morgan fingerprint density at radius 3 is 2.94 bits per heavy atom. The van der Waals surface area contributed by atoms with Gasteiger partial charge in [-0.2, -0.15) is 0 Å². The second kappa shape index (κ2) is 6.45. The molecule has 0 unspecified atom stereocenters. The minimum absolute atomic E-state index is 0. The van der Waals surface area contributed by atoms with Crippen LogP contribution in [0.3, 0.4) is 0 Å². The Hall–Kier alpha value is -0.290. The predicted molar refractivity (Wildman–Crippen MR) is 69.5 cm³/mol. The van der Waals surface area contributed by atoms with Crippen molar-refractivity contribution in [3.8, 4) is 5.75 Å². The third kappa shape index (κ3) is 3.10. The highest BCUT2D eigenvalue weighted by atomic mass is 79.9. The quantitative estimate of drug-likeness (QED) is 0.911. The van der Waals surface area contributed by atoms with E-state index in [1.807, 2.05) is 12.1 Å². The average molecular weight is 309 g/mol. The van der Waals surface area contributed by atoms with Crippen molar-refractivity contribution in [2.45, 2.75) is 6.04 Å². The topological polar surface area (TPSA) is 30.5 Å². The van der Waals surface area contributed by atoms with Crippen molar-refractivity contribution in [3.05, 3.63) is 28.2 Å². The number of nitrogens with one attached hydrogen (secondary N) is 1. The Bertz CT molecular complexity index is 343. The normalized spacial score (nSPS) is 20.0. The van der Waals surface area contributed by atoms with Gasteiger partial charge in [0.15, 0.2) is 0 Å². The van der Waals surface area contributed by atoms with Crippen molar-refractivity contribution in [2.75, 3.05) is 26.9 Å². The molecule has 0 aliphatic carbocycles. The minimum Gasteiger partial charge on any atom is -0.496 e. The molecule has 0 bridgehead atoms. The van der Waals surface area contributed by atoms with E-state index in [0.29, 0.717) is 6.61 Å². The van der Waals surface area contributed by atoms with Crippen molar-refractivity contribution < 1.29 is 9.47 Å². The summed E-state index contributed by atoms with van der Waals surface area (Å²) in [6, 6.07) is 6.25. The largest absolute Gasteiger partial charge is 0.496 e. The molecule has 0 radical (unpaired) electrons. The molecule has 0 saturated carbocycles. The Labute approximate surface area is 110 Å². The van der Waals surface area contributed by atoms with Gasteiger partial charge in [-0.15, -0.1) is 12.4 Å². The highest BCUT2D eigenvalue weighted by Gasteiger charge is 2.19. The van der Waals surface area contributed by atoms with E-state index < -0.39 is 0 Å². The lowest BCUT2D eigenvalue weighted by atomic mass is 10.1. The maximum Gasteiger partial charge on any atom is 0.123 e. The van der Waals surface area contributed by atoms with Gasteiger partial charge in [0, 0.05) is 16.6 Å². The summed E-state index contributed by atoms with van der Waals surface area (Å²) in [6.45, 7) is 2.37. The zero-order valence-electron chi connectivity index (χ0n) is 9.03. The molecule has 1 aromatic carbocycles. The molecule has 5 heteroatoms. The second-order valence-corrected chi connectivity index (χ2v) is 4.38. The molecule has 1 heterocycles. The Morgan fingerprint density at radius 1 is 1.50 bits per heavy atom. The smallest absolute Gasteiger partial charge is 0.123 e. The number of rotatable bonds is 2. The van der Waals surface area contributed by atoms with Gasteiger partial charge in [-0.05, 0) is 18.2 Å². The van der Waals surface area contributed by atoms with Gasteiger partial charge < -0.3 is 14.8 Å². The number of hydrogen-bond donors (Lipinski definition) is 1. The predicted octanol–water partition coefficient (Wildman–Crippen LogP) is 2.54. The maximum absolute atomic E-state index is 5.44. The first-order chi connectivity index (χ1) is 7.31. The van der Waals surface area contributed by atoms with Gasteiger partial charge in [-0.25, -0.2) is 0 Å². The summed E-state index contributed by atoms with van der Waals surface area (Å²) in [5.41, 5.74) is 1.14. The van der Waals surface area contributed by atoms with E-state index in [-0.39, 0.29) is 18.4 Å². The van der Waals surface area contributed by atoms with Crippen molar-refractivity contribution in [3.63, 3.8) is 0 Å². The number of halogens is 2. The molecule has 1 aliphatic rings. The standard InChI is InChI=1S/C11H14BrNO2.ClH/c1-14-11-3-2-8(12)6-9(11)10-7-15-5-4-13-10;/h2-3,6,10,13H,4-5,7H2,1H3;1H/t10-;/m1./s1. The molecule has 0 spiro atoms. The van der Waals surface area contributed by atoms with Crippen LogP contribution < -0.4 is 10.1 Å². The van der Waals surface area contributed by atoms with Gasteiger partial charge in [0.05, 0.1) is 26.4 Å². The van der Waals surface area contributed by atoms with Crippen LogP contribution in [0.4, 0.5) is 0 Å². The van der Waals surface area contributed by atoms with Crippen LogP contribution in [0.1, 0.15) is 11.6 Å². The number of hydrogen-bond acceptors (Lipinski definition) is 3. The number of benzene rings is 1. The third-order valence-electron chi connectivity index (χ3n) is 2.49. The highest BCUT2D eigenvalue weighted by molar-refractivity contribution is 9.10. The Morgan fingerprint density at radius 2 is 2.31 bits per heavy atom. The first-order valence-corrected chi connectivity index (χ1v) is 5.75. The van der Waals surface area contributed by atoms with Crippen LogP contribution in [0.2, 0.25) is 0 Å². The molecule has 1 N–H and O–H groups in total. The lowest BCUT2D eigenvalue weighted by molar-refractivity contribution is 0.0760. The molecule has 3 nitrogen and oxygen atoms in total. The van der Waals surface area contributed by atoms with Crippen LogP contribution in [0.5, 0.6) is 5.75 Å². The van der Waals surface area contributed by atoms with Gasteiger partial charge in [0.25, 0.3) is 0 Å². The van der Waals surface area contributed by atoms with Crippen molar-refractivity contribution in [1.29, 1.82) is 0 Å². The molecule has 90 valence electrons. The van der Waals surface area contributed by atoms with Gasteiger partial charge in [-0.1, -0.05) is 15.9 Å². The van der Waals surface area contributed by atoms with Crippen molar-refractivity contribution in [1.82, 2.24) is 5.32 Å². The summed E-state index contributed by atoms with van der Waals surface area (Å²) in [6.07, 6.45) is 0. The fourth-order valence-electron chi connectivity index (χ4n) is 1.74. The summed E-state index contributed by atoms with van der Waals surface area (Å²) in [5, 5.41) is 3.41. The SMILES string of the molecule is COc1ccc(Br)cc1[C@H]1COCCN1.Cl. The van der Waals surface area contributed by atoms with Gasteiger partial charge in [-0.3, -0.25) is 0 Å². The molecule has 1 saturated heterocycles. The van der Waals surface area contributed by atoms with E-state index in [1.165, 1.54) is 0 Å². The lowest BCUT2D eigenvalue weighted by Crippen LogP contribution is -2.34. The summed E-state index contributed by atoms with van der Waals surface area (Å²) in [5.74, 6) is 0.904. The lowest BCUT2D eigenvalue weighted by Gasteiger charge is -2.25. The molecule has 1 fully saturated rings. The zero-order chi connectivity index (χ0) is 10.7.